The Bertz CT molecular complexity index is 333. The number of nitriles is 1. The molecule has 0 saturated carbocycles. The second-order valence-electron chi connectivity index (χ2n) is 3.64. The molecule has 0 aliphatic carbocycles. The largest absolute Gasteiger partial charge is 0.303 e. The maximum Gasteiger partial charge on any atom is 0.227 e. The van der Waals surface area contributed by atoms with Gasteiger partial charge in [-0.1, -0.05) is 0 Å². The lowest BCUT2D eigenvalue weighted by Crippen LogP contribution is -2.53. The first-order valence-corrected chi connectivity index (χ1v) is 6.13. The van der Waals surface area contributed by atoms with Crippen LogP contribution < -0.4 is 0 Å². The lowest BCUT2D eigenvalue weighted by atomic mass is 10.2. The van der Waals surface area contributed by atoms with Gasteiger partial charge in [0.05, 0.1) is 6.07 Å². The van der Waals surface area contributed by atoms with Crippen LogP contribution in [0.3, 0.4) is 0 Å². The number of nitrogens with zero attached hydrogens (tertiary/aromatic N) is 3. The summed E-state index contributed by atoms with van der Waals surface area (Å²) >= 11 is 0. The Kier molecular flexibility index (Phi) is 3.48. The Hall–Kier alpha value is -0.640. The zero-order valence-electron chi connectivity index (χ0n) is 8.47. The molecule has 0 radical (unpaired) electrons. The van der Waals surface area contributed by atoms with Gasteiger partial charge in [-0.3, -0.25) is 0 Å². The number of likely N-dealkylation sites (N-methyl/N-ethyl adjacent to an activating group) is 1. The summed E-state index contributed by atoms with van der Waals surface area (Å²) < 4.78 is 24.6. The van der Waals surface area contributed by atoms with E-state index in [1.54, 1.807) is 6.07 Å². The molecule has 0 N–H and O–H groups in total. The highest BCUT2D eigenvalue weighted by atomic mass is 32.2. The van der Waals surface area contributed by atoms with Crippen molar-refractivity contribution in [1.82, 2.24) is 9.21 Å². The molecule has 1 aliphatic heterocycles. The molecule has 0 aromatic carbocycles. The fraction of sp³-hybridized carbons (Fsp3) is 0.875. The fourth-order valence-corrected chi connectivity index (χ4v) is 3.00. The molecule has 0 aromatic heterocycles. The Morgan fingerprint density at radius 2 is 2.14 bits per heavy atom. The highest BCUT2D eigenvalue weighted by molar-refractivity contribution is 7.89. The summed E-state index contributed by atoms with van der Waals surface area (Å²) in [6, 6.07) is 1.66. The molecule has 6 heteroatoms. The van der Waals surface area contributed by atoms with Gasteiger partial charge in [-0.15, -0.1) is 0 Å². The smallest absolute Gasteiger partial charge is 0.227 e. The summed E-state index contributed by atoms with van der Waals surface area (Å²) in [6.07, 6.45) is 0. The SMILES string of the molecule is CC1CN(C)CCN1S(=O)(=O)CC#N. The highest BCUT2D eigenvalue weighted by Gasteiger charge is 2.30. The van der Waals surface area contributed by atoms with E-state index in [9.17, 15) is 8.42 Å². The molecular formula is C8H15N3O2S. The van der Waals surface area contributed by atoms with E-state index < -0.39 is 15.8 Å². The van der Waals surface area contributed by atoms with Crippen LogP contribution >= 0.6 is 0 Å². The molecule has 1 rings (SSSR count). The van der Waals surface area contributed by atoms with E-state index in [0.717, 1.165) is 13.1 Å². The number of hydrogen-bond acceptors (Lipinski definition) is 4. The van der Waals surface area contributed by atoms with Gasteiger partial charge in [-0.2, -0.15) is 9.57 Å². The van der Waals surface area contributed by atoms with Crippen molar-refractivity contribution in [2.75, 3.05) is 32.4 Å². The van der Waals surface area contributed by atoms with Crippen LogP contribution in [0.2, 0.25) is 0 Å². The van der Waals surface area contributed by atoms with Crippen LogP contribution in [0.5, 0.6) is 0 Å². The normalized spacial score (nSPS) is 25.9. The molecule has 0 amide bonds. The van der Waals surface area contributed by atoms with Crippen LogP contribution in [0, 0.1) is 11.3 Å². The molecule has 14 heavy (non-hydrogen) atoms. The average molecular weight is 217 g/mol. The van der Waals surface area contributed by atoms with Crippen LogP contribution in [0.1, 0.15) is 6.92 Å². The van der Waals surface area contributed by atoms with Gasteiger partial charge in [-0.25, -0.2) is 8.42 Å². The van der Waals surface area contributed by atoms with E-state index in [4.69, 9.17) is 5.26 Å². The molecule has 0 spiro atoms. The second kappa shape index (κ2) is 4.26. The van der Waals surface area contributed by atoms with Crippen LogP contribution in [-0.2, 0) is 10.0 Å². The molecule has 1 aliphatic rings. The Labute approximate surface area is 85.0 Å². The van der Waals surface area contributed by atoms with Gasteiger partial charge in [0.25, 0.3) is 0 Å². The molecule has 1 unspecified atom stereocenters. The standard InChI is InChI=1S/C8H15N3O2S/c1-8-7-10(2)4-5-11(8)14(12,13)6-3-9/h8H,4-7H2,1-2H3. The molecule has 0 bridgehead atoms. The van der Waals surface area contributed by atoms with Gasteiger partial charge in [0.2, 0.25) is 10.0 Å². The van der Waals surface area contributed by atoms with Crippen molar-refractivity contribution in [2.24, 2.45) is 0 Å². The molecule has 1 saturated heterocycles. The third-order valence-electron chi connectivity index (χ3n) is 2.37. The summed E-state index contributed by atoms with van der Waals surface area (Å²) in [5.74, 6) is -0.416. The van der Waals surface area contributed by atoms with E-state index in [-0.39, 0.29) is 6.04 Å². The minimum absolute atomic E-state index is 0.0351. The maximum atomic E-state index is 11.6. The van der Waals surface area contributed by atoms with Gasteiger partial charge >= 0.3 is 0 Å². The third kappa shape index (κ3) is 2.44. The lowest BCUT2D eigenvalue weighted by molar-refractivity contribution is 0.171. The topological polar surface area (TPSA) is 64.4 Å². The second-order valence-corrected chi connectivity index (χ2v) is 5.56. The minimum atomic E-state index is -3.36. The molecule has 0 aromatic rings. The first-order chi connectivity index (χ1) is 6.47. The van der Waals surface area contributed by atoms with Crippen LogP contribution in [0.4, 0.5) is 0 Å². The fourth-order valence-electron chi connectivity index (χ4n) is 1.70. The maximum absolute atomic E-state index is 11.6. The van der Waals surface area contributed by atoms with Crippen molar-refractivity contribution in [1.29, 1.82) is 5.26 Å². The summed E-state index contributed by atoms with van der Waals surface area (Å²) in [4.78, 5) is 2.09. The predicted molar refractivity (Wildman–Crippen MR) is 53.1 cm³/mol. The molecular weight excluding hydrogens is 202 g/mol. The summed E-state index contributed by atoms with van der Waals surface area (Å²) in [5.41, 5.74) is 0. The van der Waals surface area contributed by atoms with Crippen LogP contribution in [0.15, 0.2) is 0 Å². The van der Waals surface area contributed by atoms with Gasteiger partial charge in [0.15, 0.2) is 5.75 Å². The van der Waals surface area contributed by atoms with Crippen molar-refractivity contribution in [3.8, 4) is 6.07 Å². The van der Waals surface area contributed by atoms with E-state index in [1.807, 2.05) is 14.0 Å². The van der Waals surface area contributed by atoms with Gasteiger partial charge in [0.1, 0.15) is 0 Å². The number of rotatable bonds is 2. The molecule has 80 valence electrons. The molecule has 1 heterocycles. The molecule has 1 fully saturated rings. The molecule has 5 nitrogen and oxygen atoms in total. The lowest BCUT2D eigenvalue weighted by Gasteiger charge is -2.36. The highest BCUT2D eigenvalue weighted by Crippen LogP contribution is 2.12. The minimum Gasteiger partial charge on any atom is -0.303 e. The van der Waals surface area contributed by atoms with E-state index >= 15 is 0 Å². The first-order valence-electron chi connectivity index (χ1n) is 4.52. The van der Waals surface area contributed by atoms with Crippen molar-refractivity contribution in [3.63, 3.8) is 0 Å². The zero-order chi connectivity index (χ0) is 10.8. The zero-order valence-corrected chi connectivity index (χ0v) is 9.29. The van der Waals surface area contributed by atoms with E-state index in [1.165, 1.54) is 4.31 Å². The van der Waals surface area contributed by atoms with Gasteiger partial charge in [0, 0.05) is 25.7 Å². The van der Waals surface area contributed by atoms with Crippen LogP contribution in [0.25, 0.3) is 0 Å². The number of sulfonamides is 1. The Morgan fingerprint density at radius 3 is 2.64 bits per heavy atom. The van der Waals surface area contributed by atoms with E-state index in [2.05, 4.69) is 4.90 Å². The monoisotopic (exact) mass is 217 g/mol. The quantitative estimate of drug-likeness (QED) is 0.624. The molecule has 1 atom stereocenters. The Balaban J connectivity index is 2.75. The summed E-state index contributed by atoms with van der Waals surface area (Å²) in [6.45, 7) is 3.81. The number of hydrogen-bond donors (Lipinski definition) is 0. The van der Waals surface area contributed by atoms with Crippen LogP contribution in [-0.4, -0.2) is 56.1 Å². The van der Waals surface area contributed by atoms with Gasteiger partial charge in [-0.05, 0) is 14.0 Å². The van der Waals surface area contributed by atoms with E-state index in [0.29, 0.717) is 6.54 Å². The van der Waals surface area contributed by atoms with Crippen molar-refractivity contribution in [3.05, 3.63) is 0 Å². The van der Waals surface area contributed by atoms with Crippen molar-refractivity contribution >= 4 is 10.0 Å². The average Bonchev–Trinajstić information content (AvgIpc) is 2.02. The summed E-state index contributed by atoms with van der Waals surface area (Å²) in [5, 5.41) is 8.40. The van der Waals surface area contributed by atoms with Gasteiger partial charge < -0.3 is 4.90 Å². The van der Waals surface area contributed by atoms with Crippen molar-refractivity contribution < 1.29 is 8.42 Å². The predicted octanol–water partition coefficient (Wildman–Crippen LogP) is -0.524. The number of piperazine rings is 1. The van der Waals surface area contributed by atoms with Crippen molar-refractivity contribution in [2.45, 2.75) is 13.0 Å². The third-order valence-corrected chi connectivity index (χ3v) is 4.12. The summed E-state index contributed by atoms with van der Waals surface area (Å²) in [7, 11) is -1.40. The first kappa shape index (κ1) is 11.4. The Morgan fingerprint density at radius 1 is 1.50 bits per heavy atom.